The minimum absolute atomic E-state index is 0.00969. The molecule has 168 valence electrons. The van der Waals surface area contributed by atoms with Crippen molar-refractivity contribution in [1.29, 1.82) is 0 Å². The predicted molar refractivity (Wildman–Crippen MR) is 135 cm³/mol. The molecule has 2 aromatic rings. The normalized spacial score (nSPS) is 17.7. The molecule has 0 unspecified atom stereocenters. The number of anilines is 1. The van der Waals surface area contributed by atoms with Crippen molar-refractivity contribution in [3.8, 4) is 5.75 Å². The van der Waals surface area contributed by atoms with Gasteiger partial charge < -0.3 is 20.3 Å². The SMILES string of the molecule is CCOc1ccccc1CN(C(=S)Nc1cccc(Cl)c1)C1CC(C)(C)NC(C)(C)C1. The van der Waals surface area contributed by atoms with Gasteiger partial charge in [0.2, 0.25) is 0 Å². The highest BCUT2D eigenvalue weighted by molar-refractivity contribution is 7.80. The van der Waals surface area contributed by atoms with Crippen LogP contribution >= 0.6 is 23.8 Å². The van der Waals surface area contributed by atoms with E-state index in [0.29, 0.717) is 23.3 Å². The van der Waals surface area contributed by atoms with Gasteiger partial charge in [-0.25, -0.2) is 0 Å². The van der Waals surface area contributed by atoms with E-state index >= 15 is 0 Å². The zero-order chi connectivity index (χ0) is 22.6. The molecule has 0 radical (unpaired) electrons. The van der Waals surface area contributed by atoms with Crippen LogP contribution in [0, 0.1) is 0 Å². The number of rotatable bonds is 6. The lowest BCUT2D eigenvalue weighted by Gasteiger charge is -2.50. The molecule has 31 heavy (non-hydrogen) atoms. The summed E-state index contributed by atoms with van der Waals surface area (Å²) in [6, 6.07) is 16.2. The topological polar surface area (TPSA) is 36.5 Å². The molecule has 0 amide bonds. The average molecular weight is 460 g/mol. The molecule has 6 heteroatoms. The number of thiocarbonyl (C=S) groups is 1. The van der Waals surface area contributed by atoms with Gasteiger partial charge in [0.05, 0.1) is 6.61 Å². The molecular formula is C25H34ClN3OS. The summed E-state index contributed by atoms with van der Waals surface area (Å²) < 4.78 is 5.90. The lowest BCUT2D eigenvalue weighted by atomic mass is 9.79. The summed E-state index contributed by atoms with van der Waals surface area (Å²) in [6.07, 6.45) is 1.98. The lowest BCUT2D eigenvalue weighted by molar-refractivity contribution is 0.101. The van der Waals surface area contributed by atoms with Crippen LogP contribution in [-0.4, -0.2) is 33.7 Å². The first-order valence-electron chi connectivity index (χ1n) is 10.9. The Morgan fingerprint density at radius 3 is 2.45 bits per heavy atom. The first kappa shape index (κ1) is 23.8. The Morgan fingerprint density at radius 2 is 1.81 bits per heavy atom. The van der Waals surface area contributed by atoms with Gasteiger partial charge >= 0.3 is 0 Å². The maximum absolute atomic E-state index is 6.19. The van der Waals surface area contributed by atoms with E-state index in [4.69, 9.17) is 28.6 Å². The van der Waals surface area contributed by atoms with Crippen molar-refractivity contribution >= 4 is 34.6 Å². The largest absolute Gasteiger partial charge is 0.494 e. The van der Waals surface area contributed by atoms with Crippen LogP contribution in [-0.2, 0) is 6.54 Å². The molecule has 3 rings (SSSR count). The molecule has 0 aliphatic carbocycles. The zero-order valence-electron chi connectivity index (χ0n) is 19.2. The van der Waals surface area contributed by atoms with E-state index in [-0.39, 0.29) is 17.1 Å². The highest BCUT2D eigenvalue weighted by Crippen LogP contribution is 2.34. The van der Waals surface area contributed by atoms with Gasteiger partial charge in [0.15, 0.2) is 5.11 Å². The molecule has 0 saturated carbocycles. The highest BCUT2D eigenvalue weighted by atomic mass is 35.5. The maximum Gasteiger partial charge on any atom is 0.173 e. The van der Waals surface area contributed by atoms with Gasteiger partial charge in [-0.2, -0.15) is 0 Å². The Morgan fingerprint density at radius 1 is 1.13 bits per heavy atom. The second-order valence-corrected chi connectivity index (χ2v) is 10.4. The molecule has 4 nitrogen and oxygen atoms in total. The van der Waals surface area contributed by atoms with Gasteiger partial charge in [0.25, 0.3) is 0 Å². The molecule has 1 fully saturated rings. The lowest BCUT2D eigenvalue weighted by Crippen LogP contribution is -2.63. The number of piperidine rings is 1. The summed E-state index contributed by atoms with van der Waals surface area (Å²) >= 11 is 12.1. The van der Waals surface area contributed by atoms with Crippen molar-refractivity contribution < 1.29 is 4.74 Å². The second-order valence-electron chi connectivity index (χ2n) is 9.56. The maximum atomic E-state index is 6.19. The van der Waals surface area contributed by atoms with E-state index in [0.717, 1.165) is 29.8 Å². The van der Waals surface area contributed by atoms with Crippen molar-refractivity contribution in [1.82, 2.24) is 10.2 Å². The molecule has 2 N–H and O–H groups in total. The van der Waals surface area contributed by atoms with E-state index in [1.165, 1.54) is 0 Å². The van der Waals surface area contributed by atoms with Crippen LogP contribution in [0.3, 0.4) is 0 Å². The van der Waals surface area contributed by atoms with Crippen LogP contribution in [0.2, 0.25) is 5.02 Å². The molecule has 1 aliphatic rings. The van der Waals surface area contributed by atoms with Crippen LogP contribution in [0.4, 0.5) is 5.69 Å². The van der Waals surface area contributed by atoms with Crippen LogP contribution in [0.5, 0.6) is 5.75 Å². The van der Waals surface area contributed by atoms with Gasteiger partial charge in [-0.15, -0.1) is 0 Å². The fourth-order valence-electron chi connectivity index (χ4n) is 4.73. The van der Waals surface area contributed by atoms with Crippen molar-refractivity contribution in [3.63, 3.8) is 0 Å². The fourth-order valence-corrected chi connectivity index (χ4v) is 5.25. The molecular weight excluding hydrogens is 426 g/mol. The second kappa shape index (κ2) is 9.76. The number of para-hydroxylation sites is 1. The molecule has 0 bridgehead atoms. The minimum Gasteiger partial charge on any atom is -0.494 e. The monoisotopic (exact) mass is 459 g/mol. The third-order valence-corrected chi connectivity index (χ3v) is 6.13. The van der Waals surface area contributed by atoms with Gasteiger partial charge in [0.1, 0.15) is 5.75 Å². The van der Waals surface area contributed by atoms with Crippen LogP contribution in [0.15, 0.2) is 48.5 Å². The molecule has 1 aliphatic heterocycles. The first-order valence-corrected chi connectivity index (χ1v) is 11.7. The summed E-state index contributed by atoms with van der Waals surface area (Å²) in [4.78, 5) is 2.32. The van der Waals surface area contributed by atoms with Gasteiger partial charge in [-0.05, 0) is 83.9 Å². The molecule has 0 aromatic heterocycles. The van der Waals surface area contributed by atoms with E-state index < -0.39 is 0 Å². The van der Waals surface area contributed by atoms with E-state index in [1.807, 2.05) is 43.3 Å². The summed E-state index contributed by atoms with van der Waals surface area (Å²) in [5.41, 5.74) is 2.05. The van der Waals surface area contributed by atoms with Gasteiger partial charge in [-0.3, -0.25) is 0 Å². The molecule has 1 heterocycles. The number of nitrogens with zero attached hydrogens (tertiary/aromatic N) is 1. The van der Waals surface area contributed by atoms with E-state index in [1.54, 1.807) is 0 Å². The number of benzene rings is 2. The fraction of sp³-hybridized carbons (Fsp3) is 0.480. The van der Waals surface area contributed by atoms with E-state index in [2.05, 4.69) is 55.4 Å². The third-order valence-electron chi connectivity index (χ3n) is 5.56. The van der Waals surface area contributed by atoms with Crippen LogP contribution in [0.25, 0.3) is 0 Å². The quantitative estimate of drug-likeness (QED) is 0.499. The van der Waals surface area contributed by atoms with Crippen molar-refractivity contribution in [2.24, 2.45) is 0 Å². The van der Waals surface area contributed by atoms with Gasteiger partial charge in [0, 0.05) is 39.9 Å². The average Bonchev–Trinajstić information content (AvgIpc) is 2.65. The molecule has 1 saturated heterocycles. The zero-order valence-corrected chi connectivity index (χ0v) is 20.7. The summed E-state index contributed by atoms with van der Waals surface area (Å²) in [5, 5.41) is 8.58. The Balaban J connectivity index is 1.92. The molecule has 2 aromatic carbocycles. The standard InChI is InChI=1S/C25H34ClN3OS/c1-6-30-22-13-8-7-10-18(22)17-29(21-15-24(2,3)28-25(4,5)16-21)23(31)27-20-12-9-11-19(26)14-20/h7-14,21,28H,6,15-17H2,1-5H3,(H,27,31). The van der Waals surface area contributed by atoms with Gasteiger partial charge in [-0.1, -0.05) is 35.9 Å². The van der Waals surface area contributed by atoms with Crippen molar-refractivity contribution in [2.75, 3.05) is 11.9 Å². The Labute approximate surface area is 197 Å². The van der Waals surface area contributed by atoms with Crippen molar-refractivity contribution in [3.05, 3.63) is 59.1 Å². The summed E-state index contributed by atoms with van der Waals surface area (Å²) in [5.74, 6) is 0.910. The summed E-state index contributed by atoms with van der Waals surface area (Å²) in [6.45, 7) is 12.4. The molecule has 0 atom stereocenters. The number of hydrogen-bond donors (Lipinski definition) is 2. The third kappa shape index (κ3) is 6.58. The number of nitrogens with one attached hydrogen (secondary N) is 2. The number of halogens is 1. The smallest absolute Gasteiger partial charge is 0.173 e. The minimum atomic E-state index is 0.00969. The molecule has 0 spiro atoms. The Kier molecular flexibility index (Phi) is 7.51. The first-order chi connectivity index (χ1) is 14.6. The van der Waals surface area contributed by atoms with Crippen LogP contribution in [0.1, 0.15) is 53.0 Å². The number of ether oxygens (including phenoxy) is 1. The Bertz CT molecular complexity index is 899. The predicted octanol–water partition coefficient (Wildman–Crippen LogP) is 6.25. The highest BCUT2D eigenvalue weighted by Gasteiger charge is 2.40. The summed E-state index contributed by atoms with van der Waals surface area (Å²) in [7, 11) is 0. The Hall–Kier alpha value is -1.82. The van der Waals surface area contributed by atoms with Crippen LogP contribution < -0.4 is 15.4 Å². The van der Waals surface area contributed by atoms with E-state index in [9.17, 15) is 0 Å². The van der Waals surface area contributed by atoms with Crippen molar-refractivity contribution in [2.45, 2.75) is 71.1 Å². The number of hydrogen-bond acceptors (Lipinski definition) is 3.